The Bertz CT molecular complexity index is 613. The molecule has 118 valence electrons. The van der Waals surface area contributed by atoms with Crippen LogP contribution >= 0.6 is 15.9 Å². The third kappa shape index (κ3) is 4.28. The van der Waals surface area contributed by atoms with Crippen LogP contribution < -0.4 is 0 Å². The van der Waals surface area contributed by atoms with E-state index in [0.717, 1.165) is 14.3 Å². The summed E-state index contributed by atoms with van der Waals surface area (Å²) in [5.41, 5.74) is 0.833. The number of hydrogen-bond donors (Lipinski definition) is 0. The standard InChI is InChI=1S/C14H21BrN2O3S/c1-5-17(6-2)14(18)10-16(4)21(19,20)12-7-8-13(15)11(3)9-12/h7-9H,5-6,10H2,1-4H3. The van der Waals surface area contributed by atoms with E-state index in [4.69, 9.17) is 0 Å². The van der Waals surface area contributed by atoms with E-state index in [-0.39, 0.29) is 17.3 Å². The monoisotopic (exact) mass is 376 g/mol. The van der Waals surface area contributed by atoms with Crippen LogP contribution in [0.5, 0.6) is 0 Å². The van der Waals surface area contributed by atoms with Crippen molar-refractivity contribution in [3.63, 3.8) is 0 Å². The zero-order valence-corrected chi connectivity index (χ0v) is 15.2. The molecule has 1 rings (SSSR count). The number of benzene rings is 1. The molecule has 1 aromatic carbocycles. The number of carbonyl (C=O) groups excluding carboxylic acids is 1. The summed E-state index contributed by atoms with van der Waals surface area (Å²) in [7, 11) is -2.23. The van der Waals surface area contributed by atoms with Gasteiger partial charge in [0.25, 0.3) is 0 Å². The van der Waals surface area contributed by atoms with Gasteiger partial charge in [-0.3, -0.25) is 4.79 Å². The van der Waals surface area contributed by atoms with Gasteiger partial charge in [-0.05, 0) is 44.5 Å². The highest BCUT2D eigenvalue weighted by Gasteiger charge is 2.24. The first-order valence-corrected chi connectivity index (χ1v) is 8.97. The topological polar surface area (TPSA) is 57.7 Å². The summed E-state index contributed by atoms with van der Waals surface area (Å²) in [5.74, 6) is -0.195. The largest absolute Gasteiger partial charge is 0.342 e. The van der Waals surface area contributed by atoms with Gasteiger partial charge in [0.05, 0.1) is 11.4 Å². The molecule has 1 aromatic rings. The minimum absolute atomic E-state index is 0.154. The Labute approximate surface area is 135 Å². The summed E-state index contributed by atoms with van der Waals surface area (Å²) < 4.78 is 26.9. The Morgan fingerprint density at radius 3 is 2.29 bits per heavy atom. The number of hydrogen-bond acceptors (Lipinski definition) is 3. The number of sulfonamides is 1. The lowest BCUT2D eigenvalue weighted by Crippen LogP contribution is -2.40. The highest BCUT2D eigenvalue weighted by Crippen LogP contribution is 2.22. The normalized spacial score (nSPS) is 11.7. The van der Waals surface area contributed by atoms with E-state index in [1.54, 1.807) is 17.0 Å². The molecule has 0 atom stereocenters. The SMILES string of the molecule is CCN(CC)C(=O)CN(C)S(=O)(=O)c1ccc(Br)c(C)c1. The van der Waals surface area contributed by atoms with E-state index in [1.165, 1.54) is 13.1 Å². The summed E-state index contributed by atoms with van der Waals surface area (Å²) >= 11 is 3.34. The third-order valence-electron chi connectivity index (χ3n) is 3.31. The maximum atomic E-state index is 12.5. The van der Waals surface area contributed by atoms with Crippen LogP contribution in [0.3, 0.4) is 0 Å². The number of halogens is 1. The van der Waals surface area contributed by atoms with Crippen molar-refractivity contribution in [1.82, 2.24) is 9.21 Å². The second-order valence-electron chi connectivity index (χ2n) is 4.74. The van der Waals surface area contributed by atoms with Crippen molar-refractivity contribution in [3.8, 4) is 0 Å². The zero-order valence-electron chi connectivity index (χ0n) is 12.8. The van der Waals surface area contributed by atoms with Gasteiger partial charge in [0.1, 0.15) is 0 Å². The molecule has 0 saturated heterocycles. The molecule has 21 heavy (non-hydrogen) atoms. The summed E-state index contributed by atoms with van der Waals surface area (Å²) in [6, 6.07) is 4.82. The van der Waals surface area contributed by atoms with Gasteiger partial charge in [0.15, 0.2) is 0 Å². The van der Waals surface area contributed by atoms with Crippen molar-refractivity contribution in [2.45, 2.75) is 25.7 Å². The van der Waals surface area contributed by atoms with Gasteiger partial charge in [-0.15, -0.1) is 0 Å². The van der Waals surface area contributed by atoms with E-state index in [1.807, 2.05) is 20.8 Å². The Balaban J connectivity index is 2.96. The average Bonchev–Trinajstić information content (AvgIpc) is 2.42. The zero-order chi connectivity index (χ0) is 16.2. The molecule has 0 aliphatic heterocycles. The molecule has 0 unspecified atom stereocenters. The van der Waals surface area contributed by atoms with Crippen molar-refractivity contribution in [3.05, 3.63) is 28.2 Å². The van der Waals surface area contributed by atoms with Gasteiger partial charge in [-0.2, -0.15) is 4.31 Å². The van der Waals surface area contributed by atoms with Crippen LogP contribution in [0.4, 0.5) is 0 Å². The molecule has 0 spiro atoms. The molecule has 1 amide bonds. The molecule has 0 fully saturated rings. The molecule has 0 aliphatic rings. The Morgan fingerprint density at radius 2 is 1.81 bits per heavy atom. The van der Waals surface area contributed by atoms with E-state index >= 15 is 0 Å². The first-order valence-electron chi connectivity index (χ1n) is 6.74. The van der Waals surface area contributed by atoms with Crippen molar-refractivity contribution < 1.29 is 13.2 Å². The number of aryl methyl sites for hydroxylation is 1. The summed E-state index contributed by atoms with van der Waals surface area (Å²) in [6.07, 6.45) is 0. The Hall–Kier alpha value is -0.920. The number of nitrogens with zero attached hydrogens (tertiary/aromatic N) is 2. The number of carbonyl (C=O) groups is 1. The fraction of sp³-hybridized carbons (Fsp3) is 0.500. The van der Waals surface area contributed by atoms with Crippen LogP contribution in [0.1, 0.15) is 19.4 Å². The number of likely N-dealkylation sites (N-methyl/N-ethyl adjacent to an activating group) is 2. The van der Waals surface area contributed by atoms with E-state index < -0.39 is 10.0 Å². The van der Waals surface area contributed by atoms with Crippen molar-refractivity contribution in [1.29, 1.82) is 0 Å². The predicted molar refractivity (Wildman–Crippen MR) is 86.6 cm³/mol. The van der Waals surface area contributed by atoms with Gasteiger partial charge in [0, 0.05) is 24.6 Å². The van der Waals surface area contributed by atoms with Crippen LogP contribution in [0, 0.1) is 6.92 Å². The van der Waals surface area contributed by atoms with Crippen LogP contribution in [0.15, 0.2) is 27.6 Å². The highest BCUT2D eigenvalue weighted by molar-refractivity contribution is 9.10. The molecular formula is C14H21BrN2O3S. The minimum Gasteiger partial charge on any atom is -0.342 e. The second-order valence-corrected chi connectivity index (χ2v) is 7.64. The Morgan fingerprint density at radius 1 is 1.24 bits per heavy atom. The van der Waals surface area contributed by atoms with Gasteiger partial charge >= 0.3 is 0 Å². The molecule has 0 radical (unpaired) electrons. The predicted octanol–water partition coefficient (Wildman–Crippen LogP) is 2.25. The lowest BCUT2D eigenvalue weighted by molar-refractivity contribution is -0.130. The van der Waals surface area contributed by atoms with Gasteiger partial charge in [-0.25, -0.2) is 8.42 Å². The molecule has 5 nitrogen and oxygen atoms in total. The van der Waals surface area contributed by atoms with Gasteiger partial charge in [-0.1, -0.05) is 15.9 Å². The molecule has 0 aromatic heterocycles. The lowest BCUT2D eigenvalue weighted by Gasteiger charge is -2.23. The molecule has 0 aliphatic carbocycles. The maximum Gasteiger partial charge on any atom is 0.243 e. The second kappa shape index (κ2) is 7.38. The van der Waals surface area contributed by atoms with E-state index in [0.29, 0.717) is 13.1 Å². The summed E-state index contributed by atoms with van der Waals surface area (Å²) in [6.45, 7) is 6.55. The average molecular weight is 377 g/mol. The van der Waals surface area contributed by atoms with Crippen molar-refractivity contribution >= 4 is 31.9 Å². The molecule has 0 bridgehead atoms. The fourth-order valence-corrected chi connectivity index (χ4v) is 3.36. The fourth-order valence-electron chi connectivity index (χ4n) is 1.91. The molecule has 0 N–H and O–H groups in total. The summed E-state index contributed by atoms with van der Waals surface area (Å²) in [4.78, 5) is 13.8. The smallest absolute Gasteiger partial charge is 0.243 e. The molecule has 0 heterocycles. The quantitative estimate of drug-likeness (QED) is 0.764. The highest BCUT2D eigenvalue weighted by atomic mass is 79.9. The maximum absolute atomic E-state index is 12.5. The first kappa shape index (κ1) is 18.1. The van der Waals surface area contributed by atoms with E-state index in [9.17, 15) is 13.2 Å². The van der Waals surface area contributed by atoms with Crippen LogP contribution in [-0.4, -0.2) is 50.2 Å². The Kier molecular flexibility index (Phi) is 6.37. The van der Waals surface area contributed by atoms with Crippen LogP contribution in [0.2, 0.25) is 0 Å². The summed E-state index contributed by atoms with van der Waals surface area (Å²) in [5, 5.41) is 0. The van der Waals surface area contributed by atoms with Gasteiger partial charge < -0.3 is 4.90 Å². The van der Waals surface area contributed by atoms with Crippen molar-refractivity contribution in [2.75, 3.05) is 26.7 Å². The van der Waals surface area contributed by atoms with Gasteiger partial charge in [0.2, 0.25) is 15.9 Å². The molecule has 7 heteroatoms. The van der Waals surface area contributed by atoms with Crippen molar-refractivity contribution in [2.24, 2.45) is 0 Å². The molecule has 0 saturated carbocycles. The lowest BCUT2D eigenvalue weighted by atomic mass is 10.2. The first-order chi connectivity index (χ1) is 9.73. The molecular weight excluding hydrogens is 356 g/mol. The van der Waals surface area contributed by atoms with Crippen LogP contribution in [0.25, 0.3) is 0 Å². The van der Waals surface area contributed by atoms with Crippen LogP contribution in [-0.2, 0) is 14.8 Å². The number of amides is 1. The number of rotatable bonds is 6. The van der Waals surface area contributed by atoms with E-state index in [2.05, 4.69) is 15.9 Å². The third-order valence-corrected chi connectivity index (χ3v) is 6.00. The minimum atomic E-state index is -3.66.